The molecule has 1 N–H and O–H groups in total. The number of likely N-dealkylation sites (N-methyl/N-ethyl adjacent to an activating group) is 1. The smallest absolute Gasteiger partial charge is 0.360 e. The van der Waals surface area contributed by atoms with Gasteiger partial charge >= 0.3 is 6.18 Å². The van der Waals surface area contributed by atoms with Gasteiger partial charge < -0.3 is 9.88 Å². The Morgan fingerprint density at radius 1 is 1.11 bits per heavy atom. The lowest BCUT2D eigenvalue weighted by atomic mass is 10.1. The van der Waals surface area contributed by atoms with Gasteiger partial charge in [-0.25, -0.2) is 0 Å². The molecule has 0 atom stereocenters. The van der Waals surface area contributed by atoms with Crippen LogP contribution in [0.25, 0.3) is 10.9 Å². The van der Waals surface area contributed by atoms with Gasteiger partial charge in [-0.05, 0) is 37.1 Å². The van der Waals surface area contributed by atoms with E-state index in [4.69, 9.17) is 0 Å². The Balaban J connectivity index is 1.91. The first-order valence-electron chi connectivity index (χ1n) is 8.87. The summed E-state index contributed by atoms with van der Waals surface area (Å²) in [5, 5.41) is -0.153. The highest BCUT2D eigenvalue weighted by atomic mass is 19.4. The number of rotatable bonds is 5. The first kappa shape index (κ1) is 19.7. The quantitative estimate of drug-likeness (QED) is 0.710. The average molecular weight is 388 g/mol. The summed E-state index contributed by atoms with van der Waals surface area (Å²) in [6, 6.07) is 12.5. The number of halogens is 3. The van der Waals surface area contributed by atoms with Gasteiger partial charge in [0.05, 0.1) is 5.56 Å². The van der Waals surface area contributed by atoms with Crippen LogP contribution >= 0.6 is 0 Å². The van der Waals surface area contributed by atoms with E-state index in [1.807, 2.05) is 30.3 Å². The fourth-order valence-corrected chi connectivity index (χ4v) is 3.04. The van der Waals surface area contributed by atoms with Crippen LogP contribution in [-0.4, -0.2) is 28.9 Å². The van der Waals surface area contributed by atoms with E-state index in [0.717, 1.165) is 17.7 Å². The largest absolute Gasteiger partial charge is 0.416 e. The van der Waals surface area contributed by atoms with Crippen LogP contribution in [0.4, 0.5) is 13.2 Å². The number of aromatic amines is 1. The van der Waals surface area contributed by atoms with E-state index in [0.29, 0.717) is 19.5 Å². The number of benzene rings is 2. The summed E-state index contributed by atoms with van der Waals surface area (Å²) in [4.78, 5) is 29.8. The Morgan fingerprint density at radius 3 is 2.46 bits per heavy atom. The van der Waals surface area contributed by atoms with Gasteiger partial charge in [-0.2, -0.15) is 13.2 Å². The van der Waals surface area contributed by atoms with Crippen LogP contribution in [0.1, 0.15) is 28.4 Å². The first-order chi connectivity index (χ1) is 13.3. The maximum Gasteiger partial charge on any atom is 0.416 e. The third-order valence-electron chi connectivity index (χ3n) is 4.62. The fourth-order valence-electron chi connectivity index (χ4n) is 3.04. The van der Waals surface area contributed by atoms with Crippen molar-refractivity contribution in [2.24, 2.45) is 0 Å². The summed E-state index contributed by atoms with van der Waals surface area (Å²) in [5.41, 5.74) is -0.492. The molecular formula is C21H19F3N2O2. The monoisotopic (exact) mass is 388 g/mol. The number of nitrogens with one attached hydrogen (secondary N) is 1. The van der Waals surface area contributed by atoms with Gasteiger partial charge in [0.25, 0.3) is 5.91 Å². The number of alkyl halides is 3. The summed E-state index contributed by atoms with van der Waals surface area (Å²) < 4.78 is 38.9. The minimum Gasteiger partial charge on any atom is -0.360 e. The highest BCUT2D eigenvalue weighted by Gasteiger charge is 2.31. The lowest BCUT2D eigenvalue weighted by Crippen LogP contribution is -2.35. The van der Waals surface area contributed by atoms with Gasteiger partial charge in [0.2, 0.25) is 5.43 Å². The number of H-pyrrole nitrogens is 1. The standard InChI is InChI=1S/C21H19F3N2O2/c1-2-26(11-10-14-6-4-3-5-7-14)20(28)17-13-25-18-9-8-15(21(22,23)24)12-16(18)19(17)27/h3-9,12-13H,2,10-11H2,1H3,(H,25,27). The predicted molar refractivity (Wildman–Crippen MR) is 101 cm³/mol. The molecule has 0 unspecified atom stereocenters. The van der Waals surface area contributed by atoms with E-state index in [1.54, 1.807) is 6.92 Å². The highest BCUT2D eigenvalue weighted by Crippen LogP contribution is 2.30. The molecule has 1 heterocycles. The Morgan fingerprint density at radius 2 is 1.82 bits per heavy atom. The molecule has 0 aliphatic rings. The SMILES string of the molecule is CCN(CCc1ccccc1)C(=O)c1c[nH]c2ccc(C(F)(F)F)cc2c1=O. The topological polar surface area (TPSA) is 53.2 Å². The zero-order valence-electron chi connectivity index (χ0n) is 15.2. The first-order valence-corrected chi connectivity index (χ1v) is 8.87. The molecule has 1 aromatic heterocycles. The fraction of sp³-hybridized carbons (Fsp3) is 0.238. The summed E-state index contributed by atoms with van der Waals surface area (Å²) in [6.45, 7) is 2.57. The average Bonchev–Trinajstić information content (AvgIpc) is 2.68. The highest BCUT2D eigenvalue weighted by molar-refractivity contribution is 5.97. The van der Waals surface area contributed by atoms with Crippen LogP contribution in [0.5, 0.6) is 0 Å². The summed E-state index contributed by atoms with van der Waals surface area (Å²) in [7, 11) is 0. The summed E-state index contributed by atoms with van der Waals surface area (Å²) in [5.74, 6) is -0.501. The maximum absolute atomic E-state index is 13.0. The van der Waals surface area contributed by atoms with Crippen molar-refractivity contribution in [1.82, 2.24) is 9.88 Å². The number of carbonyl (C=O) groups is 1. The molecular weight excluding hydrogens is 369 g/mol. The van der Waals surface area contributed by atoms with E-state index in [1.165, 1.54) is 17.2 Å². The van der Waals surface area contributed by atoms with E-state index in [9.17, 15) is 22.8 Å². The van der Waals surface area contributed by atoms with Crippen molar-refractivity contribution in [3.05, 3.63) is 81.6 Å². The minimum absolute atomic E-state index is 0.153. The second kappa shape index (κ2) is 7.88. The molecule has 2 aromatic carbocycles. The molecule has 7 heteroatoms. The minimum atomic E-state index is -4.56. The molecule has 0 fully saturated rings. The lowest BCUT2D eigenvalue weighted by molar-refractivity contribution is -0.137. The van der Waals surface area contributed by atoms with Gasteiger partial charge in [-0.3, -0.25) is 9.59 Å². The second-order valence-corrected chi connectivity index (χ2v) is 6.41. The van der Waals surface area contributed by atoms with Crippen LogP contribution < -0.4 is 5.43 Å². The zero-order chi connectivity index (χ0) is 20.3. The van der Waals surface area contributed by atoms with E-state index < -0.39 is 23.1 Å². The number of hydrogen-bond acceptors (Lipinski definition) is 2. The van der Waals surface area contributed by atoms with Gasteiger partial charge in [0.15, 0.2) is 0 Å². The van der Waals surface area contributed by atoms with Crippen LogP contribution in [0.3, 0.4) is 0 Å². The molecule has 3 aromatic rings. The molecule has 0 aliphatic heterocycles. The Bertz CT molecular complexity index is 1040. The number of fused-ring (bicyclic) bond motifs is 1. The van der Waals surface area contributed by atoms with E-state index in [2.05, 4.69) is 4.98 Å². The van der Waals surface area contributed by atoms with Crippen molar-refractivity contribution >= 4 is 16.8 Å². The second-order valence-electron chi connectivity index (χ2n) is 6.41. The number of aromatic nitrogens is 1. The normalized spacial score (nSPS) is 11.6. The third kappa shape index (κ3) is 4.08. The molecule has 0 aliphatic carbocycles. The van der Waals surface area contributed by atoms with Crippen molar-refractivity contribution in [2.75, 3.05) is 13.1 Å². The predicted octanol–water partition coefficient (Wildman–Crippen LogP) is 4.25. The number of amides is 1. The van der Waals surface area contributed by atoms with E-state index in [-0.39, 0.29) is 16.5 Å². The van der Waals surface area contributed by atoms with Gasteiger partial charge in [-0.15, -0.1) is 0 Å². The number of hydrogen-bond donors (Lipinski definition) is 1. The molecule has 0 radical (unpaired) electrons. The molecule has 146 valence electrons. The van der Waals surface area contributed by atoms with Gasteiger partial charge in [0.1, 0.15) is 5.56 Å². The van der Waals surface area contributed by atoms with Gasteiger partial charge in [0, 0.05) is 30.2 Å². The van der Waals surface area contributed by atoms with Crippen LogP contribution in [-0.2, 0) is 12.6 Å². The molecule has 0 bridgehead atoms. The Labute approximate surface area is 159 Å². The summed E-state index contributed by atoms with van der Waals surface area (Å²) >= 11 is 0. The number of carbonyl (C=O) groups excluding carboxylic acids is 1. The lowest BCUT2D eigenvalue weighted by Gasteiger charge is -2.21. The van der Waals surface area contributed by atoms with Crippen molar-refractivity contribution < 1.29 is 18.0 Å². The molecule has 0 saturated carbocycles. The molecule has 0 spiro atoms. The van der Waals surface area contributed by atoms with Crippen molar-refractivity contribution in [3.8, 4) is 0 Å². The maximum atomic E-state index is 13.0. The summed E-state index contributed by atoms with van der Waals surface area (Å²) in [6.07, 6.45) is -2.68. The van der Waals surface area contributed by atoms with Crippen molar-refractivity contribution in [2.45, 2.75) is 19.5 Å². The molecule has 28 heavy (non-hydrogen) atoms. The Kier molecular flexibility index (Phi) is 5.53. The zero-order valence-corrected chi connectivity index (χ0v) is 15.2. The third-order valence-corrected chi connectivity index (χ3v) is 4.62. The Hall–Kier alpha value is -3.09. The molecule has 1 amide bonds. The van der Waals surface area contributed by atoms with Crippen molar-refractivity contribution in [3.63, 3.8) is 0 Å². The molecule has 0 saturated heterocycles. The number of pyridine rings is 1. The number of nitrogens with zero attached hydrogens (tertiary/aromatic N) is 1. The van der Waals surface area contributed by atoms with Crippen LogP contribution in [0.15, 0.2) is 59.5 Å². The van der Waals surface area contributed by atoms with Crippen LogP contribution in [0.2, 0.25) is 0 Å². The van der Waals surface area contributed by atoms with Crippen LogP contribution in [0, 0.1) is 0 Å². The van der Waals surface area contributed by atoms with Crippen molar-refractivity contribution in [1.29, 1.82) is 0 Å². The molecule has 4 nitrogen and oxygen atoms in total. The van der Waals surface area contributed by atoms with E-state index >= 15 is 0 Å². The molecule has 3 rings (SSSR count). The van der Waals surface area contributed by atoms with Gasteiger partial charge in [-0.1, -0.05) is 30.3 Å².